The molecule has 1 aromatic carbocycles. The van der Waals surface area contributed by atoms with Crippen LogP contribution < -0.4 is 5.48 Å². The van der Waals surface area contributed by atoms with Crippen LogP contribution in [0.1, 0.15) is 5.56 Å². The summed E-state index contributed by atoms with van der Waals surface area (Å²) in [5.74, 6) is -0.541. The lowest BCUT2D eigenvalue weighted by Crippen LogP contribution is -2.14. The SMILES string of the molecule is O=C(C=Cc1c[nH]c2ccccc12)NO. The first-order chi connectivity index (χ1) is 7.31. The number of hydrogen-bond donors (Lipinski definition) is 3. The Morgan fingerprint density at radius 1 is 1.40 bits per heavy atom. The summed E-state index contributed by atoms with van der Waals surface area (Å²) in [6, 6.07) is 7.79. The molecule has 3 N–H and O–H groups in total. The number of carbonyl (C=O) groups excluding carboxylic acids is 1. The van der Waals surface area contributed by atoms with E-state index in [4.69, 9.17) is 5.21 Å². The number of hydroxylamine groups is 1. The molecular formula is C11H10N2O2. The second kappa shape index (κ2) is 3.98. The van der Waals surface area contributed by atoms with Gasteiger partial charge in [-0.1, -0.05) is 18.2 Å². The van der Waals surface area contributed by atoms with E-state index in [0.29, 0.717) is 0 Å². The minimum Gasteiger partial charge on any atom is -0.361 e. The third kappa shape index (κ3) is 1.89. The predicted octanol–water partition coefficient (Wildman–Crippen LogP) is 1.69. The molecule has 1 heterocycles. The van der Waals surface area contributed by atoms with Crippen molar-refractivity contribution in [2.45, 2.75) is 0 Å². The number of carbonyl (C=O) groups is 1. The van der Waals surface area contributed by atoms with Crippen LogP contribution in [0.15, 0.2) is 36.5 Å². The van der Waals surface area contributed by atoms with Crippen molar-refractivity contribution in [1.82, 2.24) is 10.5 Å². The van der Waals surface area contributed by atoms with Crippen molar-refractivity contribution < 1.29 is 10.0 Å². The van der Waals surface area contributed by atoms with Crippen LogP contribution in [0.2, 0.25) is 0 Å². The number of nitrogens with one attached hydrogen (secondary N) is 2. The third-order valence-corrected chi connectivity index (χ3v) is 2.15. The first kappa shape index (κ1) is 9.48. The molecule has 1 aromatic heterocycles. The maximum atomic E-state index is 10.8. The van der Waals surface area contributed by atoms with Gasteiger partial charge in [-0.15, -0.1) is 0 Å². The van der Waals surface area contributed by atoms with Crippen LogP contribution in [0.4, 0.5) is 0 Å². The number of hydrogen-bond acceptors (Lipinski definition) is 2. The fourth-order valence-electron chi connectivity index (χ4n) is 1.43. The fraction of sp³-hybridized carbons (Fsp3) is 0. The van der Waals surface area contributed by atoms with Gasteiger partial charge in [0.25, 0.3) is 5.91 Å². The summed E-state index contributed by atoms with van der Waals surface area (Å²) in [4.78, 5) is 13.9. The Labute approximate surface area is 86.2 Å². The highest BCUT2D eigenvalue weighted by molar-refractivity contribution is 5.95. The van der Waals surface area contributed by atoms with Crippen molar-refractivity contribution in [2.75, 3.05) is 0 Å². The molecular weight excluding hydrogens is 192 g/mol. The topological polar surface area (TPSA) is 65.1 Å². The minimum atomic E-state index is -0.541. The quantitative estimate of drug-likeness (QED) is 0.394. The summed E-state index contributed by atoms with van der Waals surface area (Å²) in [5, 5.41) is 9.36. The molecule has 2 aromatic rings. The number of aromatic nitrogens is 1. The number of amides is 1. The summed E-state index contributed by atoms with van der Waals surface area (Å²) < 4.78 is 0. The van der Waals surface area contributed by atoms with Crippen LogP contribution in [-0.4, -0.2) is 16.1 Å². The lowest BCUT2D eigenvalue weighted by atomic mass is 10.1. The number of benzene rings is 1. The van der Waals surface area contributed by atoms with Crippen LogP contribution in [0.3, 0.4) is 0 Å². The van der Waals surface area contributed by atoms with Gasteiger partial charge >= 0.3 is 0 Å². The average molecular weight is 202 g/mol. The summed E-state index contributed by atoms with van der Waals surface area (Å²) in [5.41, 5.74) is 3.47. The highest BCUT2D eigenvalue weighted by atomic mass is 16.5. The first-order valence-electron chi connectivity index (χ1n) is 4.49. The zero-order valence-electron chi connectivity index (χ0n) is 7.90. The van der Waals surface area contributed by atoms with Crippen LogP contribution in [0.5, 0.6) is 0 Å². The fourth-order valence-corrected chi connectivity index (χ4v) is 1.43. The summed E-state index contributed by atoms with van der Waals surface area (Å²) in [6.07, 6.45) is 4.73. The average Bonchev–Trinajstić information content (AvgIpc) is 2.69. The van der Waals surface area contributed by atoms with Crippen molar-refractivity contribution in [2.24, 2.45) is 0 Å². The number of rotatable bonds is 2. The van der Waals surface area contributed by atoms with Gasteiger partial charge < -0.3 is 4.98 Å². The molecule has 0 spiro atoms. The van der Waals surface area contributed by atoms with E-state index in [0.717, 1.165) is 16.5 Å². The number of fused-ring (bicyclic) bond motifs is 1. The molecule has 1 amide bonds. The molecule has 0 atom stereocenters. The van der Waals surface area contributed by atoms with E-state index in [1.807, 2.05) is 30.5 Å². The van der Waals surface area contributed by atoms with E-state index in [1.165, 1.54) is 11.6 Å². The Morgan fingerprint density at radius 3 is 3.00 bits per heavy atom. The molecule has 0 aliphatic rings. The van der Waals surface area contributed by atoms with Gasteiger partial charge in [-0.25, -0.2) is 5.48 Å². The second-order valence-corrected chi connectivity index (χ2v) is 3.10. The van der Waals surface area contributed by atoms with Crippen LogP contribution in [-0.2, 0) is 4.79 Å². The largest absolute Gasteiger partial charge is 0.361 e. The standard InChI is InChI=1S/C11H10N2O2/c14-11(13-15)6-5-8-7-12-10-4-2-1-3-9(8)10/h1-7,12,15H,(H,13,14). The highest BCUT2D eigenvalue weighted by Gasteiger charge is 1.99. The van der Waals surface area contributed by atoms with Crippen LogP contribution in [0.25, 0.3) is 17.0 Å². The van der Waals surface area contributed by atoms with E-state index in [1.54, 1.807) is 6.08 Å². The van der Waals surface area contributed by atoms with Crippen LogP contribution >= 0.6 is 0 Å². The second-order valence-electron chi connectivity index (χ2n) is 3.10. The Hall–Kier alpha value is -2.07. The predicted molar refractivity (Wildman–Crippen MR) is 57.3 cm³/mol. The minimum absolute atomic E-state index is 0.541. The zero-order chi connectivity index (χ0) is 10.7. The van der Waals surface area contributed by atoms with Gasteiger partial charge in [-0.2, -0.15) is 0 Å². The van der Waals surface area contributed by atoms with Gasteiger partial charge in [0.2, 0.25) is 0 Å². The van der Waals surface area contributed by atoms with E-state index in [9.17, 15) is 4.79 Å². The van der Waals surface area contributed by atoms with Gasteiger partial charge in [-0.3, -0.25) is 10.0 Å². The molecule has 15 heavy (non-hydrogen) atoms. The normalized spacial score (nSPS) is 11.0. The molecule has 0 bridgehead atoms. The van der Waals surface area contributed by atoms with Gasteiger partial charge in [-0.05, 0) is 17.7 Å². The molecule has 0 fully saturated rings. The molecule has 4 heteroatoms. The number of aromatic amines is 1. The molecule has 2 rings (SSSR count). The Kier molecular flexibility index (Phi) is 2.51. The van der Waals surface area contributed by atoms with Gasteiger partial charge in [0.1, 0.15) is 0 Å². The number of H-pyrrole nitrogens is 1. The van der Waals surface area contributed by atoms with Crippen molar-refractivity contribution in [1.29, 1.82) is 0 Å². The lowest BCUT2D eigenvalue weighted by Gasteiger charge is -1.91. The first-order valence-corrected chi connectivity index (χ1v) is 4.49. The van der Waals surface area contributed by atoms with Crippen molar-refractivity contribution in [3.63, 3.8) is 0 Å². The van der Waals surface area contributed by atoms with Crippen LogP contribution in [0, 0.1) is 0 Å². The maximum Gasteiger partial charge on any atom is 0.267 e. The molecule has 0 radical (unpaired) electrons. The molecule has 0 saturated carbocycles. The van der Waals surface area contributed by atoms with Gasteiger partial charge in [0.05, 0.1) is 0 Å². The Morgan fingerprint density at radius 2 is 2.20 bits per heavy atom. The van der Waals surface area contributed by atoms with Crippen molar-refractivity contribution in [3.05, 3.63) is 42.1 Å². The van der Waals surface area contributed by atoms with E-state index in [2.05, 4.69) is 4.98 Å². The van der Waals surface area contributed by atoms with Gasteiger partial charge in [0, 0.05) is 23.2 Å². The summed E-state index contributed by atoms with van der Waals surface area (Å²) in [6.45, 7) is 0. The molecule has 0 saturated heterocycles. The van der Waals surface area contributed by atoms with E-state index in [-0.39, 0.29) is 0 Å². The summed E-state index contributed by atoms with van der Waals surface area (Å²) in [7, 11) is 0. The molecule has 4 nitrogen and oxygen atoms in total. The summed E-state index contributed by atoms with van der Waals surface area (Å²) >= 11 is 0. The van der Waals surface area contributed by atoms with E-state index >= 15 is 0 Å². The monoisotopic (exact) mass is 202 g/mol. The van der Waals surface area contributed by atoms with Gasteiger partial charge in [0.15, 0.2) is 0 Å². The molecule has 76 valence electrons. The van der Waals surface area contributed by atoms with Crippen molar-refractivity contribution in [3.8, 4) is 0 Å². The molecule has 0 aliphatic heterocycles. The molecule has 0 unspecified atom stereocenters. The zero-order valence-corrected chi connectivity index (χ0v) is 7.90. The lowest BCUT2D eigenvalue weighted by molar-refractivity contribution is -0.124. The smallest absolute Gasteiger partial charge is 0.267 e. The van der Waals surface area contributed by atoms with Crippen molar-refractivity contribution >= 4 is 22.9 Å². The Bertz CT molecular complexity index is 514. The molecule has 0 aliphatic carbocycles. The Balaban J connectivity index is 2.36. The maximum absolute atomic E-state index is 10.8. The third-order valence-electron chi connectivity index (χ3n) is 2.15. The van der Waals surface area contributed by atoms with E-state index < -0.39 is 5.91 Å². The highest BCUT2D eigenvalue weighted by Crippen LogP contribution is 2.18. The number of para-hydroxylation sites is 1.